The molecule has 0 heterocycles. The predicted molar refractivity (Wildman–Crippen MR) is 73.2 cm³/mol. The van der Waals surface area contributed by atoms with Crippen molar-refractivity contribution in [3.63, 3.8) is 0 Å². The second-order valence-electron chi connectivity index (χ2n) is 4.75. The maximum Gasteiger partial charge on any atom is 0.314 e. The first kappa shape index (κ1) is 13.5. The average Bonchev–Trinajstić information content (AvgIpc) is 2.38. The highest BCUT2D eigenvalue weighted by Crippen LogP contribution is 2.23. The van der Waals surface area contributed by atoms with Crippen molar-refractivity contribution >= 4 is 12.3 Å². The van der Waals surface area contributed by atoms with Gasteiger partial charge < -0.3 is 4.74 Å². The third-order valence-corrected chi connectivity index (χ3v) is 3.36. The molecule has 3 heteroatoms. The molecule has 19 heavy (non-hydrogen) atoms. The van der Waals surface area contributed by atoms with Gasteiger partial charge in [0, 0.05) is 0 Å². The molecular formula is C16H18O3. The van der Waals surface area contributed by atoms with Gasteiger partial charge in [0.1, 0.15) is 5.75 Å². The van der Waals surface area contributed by atoms with Gasteiger partial charge in [-0.2, -0.15) is 0 Å². The second kappa shape index (κ2) is 6.88. The van der Waals surface area contributed by atoms with E-state index in [0.717, 1.165) is 32.1 Å². The molecule has 100 valence electrons. The Morgan fingerprint density at radius 2 is 1.95 bits per heavy atom. The number of benzene rings is 1. The summed E-state index contributed by atoms with van der Waals surface area (Å²) in [5, 5.41) is 0. The van der Waals surface area contributed by atoms with E-state index < -0.39 is 0 Å². The zero-order chi connectivity index (χ0) is 13.5. The van der Waals surface area contributed by atoms with Crippen molar-refractivity contribution in [1.29, 1.82) is 0 Å². The molecule has 0 bridgehead atoms. The van der Waals surface area contributed by atoms with Gasteiger partial charge in [-0.1, -0.05) is 24.3 Å². The van der Waals surface area contributed by atoms with E-state index >= 15 is 0 Å². The van der Waals surface area contributed by atoms with E-state index in [2.05, 4.69) is 12.2 Å². The van der Waals surface area contributed by atoms with E-state index in [1.807, 2.05) is 0 Å². The molecule has 1 aliphatic carbocycles. The number of carbonyl (C=O) groups excluding carboxylic acids is 2. The molecule has 1 aromatic rings. The van der Waals surface area contributed by atoms with Crippen LogP contribution in [0.2, 0.25) is 0 Å². The number of esters is 1. The fraction of sp³-hybridized carbons (Fsp3) is 0.375. The molecule has 3 nitrogen and oxygen atoms in total. The highest BCUT2D eigenvalue weighted by atomic mass is 16.5. The Kier molecular flexibility index (Phi) is 4.90. The van der Waals surface area contributed by atoms with Crippen LogP contribution in [-0.2, 0) is 4.79 Å². The highest BCUT2D eigenvalue weighted by molar-refractivity contribution is 5.83. The van der Waals surface area contributed by atoms with Crippen LogP contribution in [0.25, 0.3) is 0 Å². The van der Waals surface area contributed by atoms with Crippen LogP contribution in [0.1, 0.15) is 42.5 Å². The van der Waals surface area contributed by atoms with E-state index in [4.69, 9.17) is 4.74 Å². The van der Waals surface area contributed by atoms with Gasteiger partial charge in [0.2, 0.25) is 0 Å². The normalized spacial score (nSPS) is 19.3. The first-order valence-corrected chi connectivity index (χ1v) is 6.72. The highest BCUT2D eigenvalue weighted by Gasteiger charge is 2.21. The van der Waals surface area contributed by atoms with Gasteiger partial charge >= 0.3 is 5.97 Å². The maximum absolute atomic E-state index is 12.1. The summed E-state index contributed by atoms with van der Waals surface area (Å²) < 4.78 is 5.38. The molecule has 1 unspecified atom stereocenters. The van der Waals surface area contributed by atoms with E-state index in [9.17, 15) is 9.59 Å². The summed E-state index contributed by atoms with van der Waals surface area (Å²) in [6.07, 6.45) is 9.62. The van der Waals surface area contributed by atoms with Crippen LogP contribution in [-0.4, -0.2) is 12.3 Å². The van der Waals surface area contributed by atoms with Gasteiger partial charge in [0.25, 0.3) is 0 Å². The summed E-state index contributed by atoms with van der Waals surface area (Å²) in [7, 11) is 0. The Balaban J connectivity index is 2.03. The lowest BCUT2D eigenvalue weighted by Gasteiger charge is -2.16. The van der Waals surface area contributed by atoms with Crippen molar-refractivity contribution in [3.05, 3.63) is 42.0 Å². The zero-order valence-corrected chi connectivity index (χ0v) is 10.9. The predicted octanol–water partition coefficient (Wildman–Crippen LogP) is 3.54. The fourth-order valence-corrected chi connectivity index (χ4v) is 2.26. The second-order valence-corrected chi connectivity index (χ2v) is 4.75. The molecule has 0 saturated carbocycles. The number of rotatable bonds is 3. The maximum atomic E-state index is 12.1. The van der Waals surface area contributed by atoms with Gasteiger partial charge in [-0.15, -0.1) is 0 Å². The Morgan fingerprint density at radius 1 is 1.16 bits per heavy atom. The number of ether oxygens (including phenoxy) is 1. The lowest BCUT2D eigenvalue weighted by Crippen LogP contribution is -2.21. The summed E-state index contributed by atoms with van der Waals surface area (Å²) in [6, 6.07) is 6.82. The monoisotopic (exact) mass is 258 g/mol. The molecule has 1 aromatic carbocycles. The molecule has 1 atom stereocenters. The van der Waals surface area contributed by atoms with E-state index in [1.54, 1.807) is 24.3 Å². The molecule has 0 amide bonds. The molecule has 2 rings (SSSR count). The third kappa shape index (κ3) is 3.78. The van der Waals surface area contributed by atoms with E-state index in [1.165, 1.54) is 0 Å². The molecule has 0 radical (unpaired) electrons. The Morgan fingerprint density at radius 3 is 2.79 bits per heavy atom. The Labute approximate surface area is 113 Å². The molecule has 0 spiro atoms. The van der Waals surface area contributed by atoms with Gasteiger partial charge in [0.05, 0.1) is 11.5 Å². The van der Waals surface area contributed by atoms with E-state index in [0.29, 0.717) is 17.6 Å². The van der Waals surface area contributed by atoms with Crippen LogP contribution >= 0.6 is 0 Å². The lowest BCUT2D eigenvalue weighted by atomic mass is 9.94. The number of aldehydes is 1. The quantitative estimate of drug-likeness (QED) is 0.360. The largest absolute Gasteiger partial charge is 0.426 e. The molecule has 0 aromatic heterocycles. The zero-order valence-electron chi connectivity index (χ0n) is 10.9. The molecule has 0 N–H and O–H groups in total. The Hall–Kier alpha value is -1.90. The van der Waals surface area contributed by atoms with Gasteiger partial charge in [-0.3, -0.25) is 9.59 Å². The molecule has 1 aliphatic rings. The standard InChI is InChI=1S/C16H18O3/c17-12-14-10-6-7-11-15(14)19-16(18)13-8-4-2-1-3-5-9-13/h1-2,6-7,10-13H,3-5,8-9H2. The number of hydrogen-bond acceptors (Lipinski definition) is 3. The molecular weight excluding hydrogens is 240 g/mol. The van der Waals surface area contributed by atoms with Crippen LogP contribution in [0.4, 0.5) is 0 Å². The minimum atomic E-state index is -0.218. The van der Waals surface area contributed by atoms with Crippen molar-refractivity contribution in [2.45, 2.75) is 32.1 Å². The van der Waals surface area contributed by atoms with Gasteiger partial charge in [0.15, 0.2) is 6.29 Å². The van der Waals surface area contributed by atoms with Crippen molar-refractivity contribution in [2.75, 3.05) is 0 Å². The molecule has 0 fully saturated rings. The first-order valence-electron chi connectivity index (χ1n) is 6.72. The summed E-state index contributed by atoms with van der Waals surface area (Å²) >= 11 is 0. The van der Waals surface area contributed by atoms with E-state index in [-0.39, 0.29) is 11.9 Å². The van der Waals surface area contributed by atoms with Gasteiger partial charge in [-0.05, 0) is 44.2 Å². The SMILES string of the molecule is O=Cc1ccccc1OC(=O)C1CCC=CCCC1. The average molecular weight is 258 g/mol. The smallest absolute Gasteiger partial charge is 0.314 e. The molecule has 0 aliphatic heterocycles. The number of para-hydroxylation sites is 1. The van der Waals surface area contributed by atoms with Crippen molar-refractivity contribution in [3.8, 4) is 5.75 Å². The van der Waals surface area contributed by atoms with Crippen LogP contribution < -0.4 is 4.74 Å². The van der Waals surface area contributed by atoms with Crippen LogP contribution in [0.5, 0.6) is 5.75 Å². The summed E-state index contributed by atoms with van der Waals surface area (Å²) in [5.74, 6) is 0.0781. The lowest BCUT2D eigenvalue weighted by molar-refractivity contribution is -0.139. The first-order chi connectivity index (χ1) is 9.31. The van der Waals surface area contributed by atoms with Crippen molar-refractivity contribution in [2.24, 2.45) is 5.92 Å². The number of hydrogen-bond donors (Lipinski definition) is 0. The Bertz CT molecular complexity index is 477. The minimum Gasteiger partial charge on any atom is -0.426 e. The fourth-order valence-electron chi connectivity index (χ4n) is 2.26. The van der Waals surface area contributed by atoms with Crippen molar-refractivity contribution in [1.82, 2.24) is 0 Å². The minimum absolute atomic E-state index is 0.0651. The third-order valence-electron chi connectivity index (χ3n) is 3.36. The molecule has 0 saturated heterocycles. The summed E-state index contributed by atoms with van der Waals surface area (Å²) in [5.41, 5.74) is 0.418. The van der Waals surface area contributed by atoms with Crippen LogP contribution in [0, 0.1) is 5.92 Å². The van der Waals surface area contributed by atoms with Crippen molar-refractivity contribution < 1.29 is 14.3 Å². The topological polar surface area (TPSA) is 43.4 Å². The number of carbonyl (C=O) groups is 2. The number of allylic oxidation sites excluding steroid dienone is 2. The van der Waals surface area contributed by atoms with Crippen LogP contribution in [0.3, 0.4) is 0 Å². The van der Waals surface area contributed by atoms with Crippen LogP contribution in [0.15, 0.2) is 36.4 Å². The summed E-state index contributed by atoms with van der Waals surface area (Å²) in [4.78, 5) is 23.0. The summed E-state index contributed by atoms with van der Waals surface area (Å²) in [6.45, 7) is 0. The van der Waals surface area contributed by atoms with Gasteiger partial charge in [-0.25, -0.2) is 0 Å².